The van der Waals surface area contributed by atoms with E-state index in [1.54, 1.807) is 0 Å². The highest BCUT2D eigenvalue weighted by atomic mass is 16.1. The molecule has 1 N–H and O–H groups in total. The Hall–Kier alpha value is -1.83. The van der Waals surface area contributed by atoms with Gasteiger partial charge >= 0.3 is 0 Å². The number of allylic oxidation sites excluding steroid dienone is 1. The topological polar surface area (TPSA) is 29.1 Å². The summed E-state index contributed by atoms with van der Waals surface area (Å²) in [6.07, 6.45) is 3.72. The van der Waals surface area contributed by atoms with Gasteiger partial charge in [0, 0.05) is 11.3 Å². The minimum atomic E-state index is 0.0616. The van der Waals surface area contributed by atoms with Gasteiger partial charge in [-0.1, -0.05) is 44.2 Å². The largest absolute Gasteiger partial charge is 0.322 e. The van der Waals surface area contributed by atoms with E-state index in [9.17, 15) is 4.79 Å². The van der Waals surface area contributed by atoms with Crippen molar-refractivity contribution in [2.24, 2.45) is 0 Å². The maximum atomic E-state index is 11.8. The first-order valence-corrected chi connectivity index (χ1v) is 6.06. The second-order valence-electron chi connectivity index (χ2n) is 4.09. The number of hydrogen-bond donors (Lipinski definition) is 1. The molecule has 1 aromatic carbocycles. The SMILES string of the molecule is CCC1=C(CC)C(=Cc2ccccc2)NC1=O. The van der Waals surface area contributed by atoms with Gasteiger partial charge in [-0.2, -0.15) is 0 Å². The third-order valence-corrected chi connectivity index (χ3v) is 3.03. The molecular formula is C15H17NO. The average Bonchev–Trinajstić information content (AvgIpc) is 2.65. The monoisotopic (exact) mass is 227 g/mol. The van der Waals surface area contributed by atoms with Crippen LogP contribution in [-0.2, 0) is 4.79 Å². The maximum absolute atomic E-state index is 11.8. The number of rotatable bonds is 3. The molecule has 0 saturated carbocycles. The van der Waals surface area contributed by atoms with E-state index >= 15 is 0 Å². The maximum Gasteiger partial charge on any atom is 0.251 e. The number of amides is 1. The Morgan fingerprint density at radius 2 is 1.71 bits per heavy atom. The lowest BCUT2D eigenvalue weighted by Gasteiger charge is -2.03. The summed E-state index contributed by atoms with van der Waals surface area (Å²) in [4.78, 5) is 11.8. The van der Waals surface area contributed by atoms with Crippen molar-refractivity contribution in [1.29, 1.82) is 0 Å². The number of hydrogen-bond acceptors (Lipinski definition) is 1. The van der Waals surface area contributed by atoms with E-state index < -0.39 is 0 Å². The molecule has 0 fully saturated rings. The molecule has 2 heteroatoms. The molecule has 0 atom stereocenters. The van der Waals surface area contributed by atoms with Crippen molar-refractivity contribution in [3.05, 3.63) is 52.7 Å². The average molecular weight is 227 g/mol. The van der Waals surface area contributed by atoms with Gasteiger partial charge in [0.1, 0.15) is 0 Å². The van der Waals surface area contributed by atoms with Crippen molar-refractivity contribution >= 4 is 12.0 Å². The van der Waals surface area contributed by atoms with E-state index in [-0.39, 0.29) is 5.91 Å². The van der Waals surface area contributed by atoms with Gasteiger partial charge in [-0.25, -0.2) is 0 Å². The van der Waals surface area contributed by atoms with Gasteiger partial charge in [0.15, 0.2) is 0 Å². The third-order valence-electron chi connectivity index (χ3n) is 3.03. The summed E-state index contributed by atoms with van der Waals surface area (Å²) in [5.41, 5.74) is 4.16. The van der Waals surface area contributed by atoms with Crippen LogP contribution in [0.15, 0.2) is 47.2 Å². The van der Waals surface area contributed by atoms with Crippen molar-refractivity contribution in [1.82, 2.24) is 5.32 Å². The fourth-order valence-electron chi connectivity index (χ4n) is 2.19. The molecule has 1 aromatic rings. The highest BCUT2D eigenvalue weighted by molar-refractivity contribution is 6.01. The molecule has 0 aromatic heterocycles. The molecule has 0 aliphatic carbocycles. The minimum Gasteiger partial charge on any atom is -0.322 e. The van der Waals surface area contributed by atoms with Crippen LogP contribution < -0.4 is 5.32 Å². The Morgan fingerprint density at radius 3 is 2.29 bits per heavy atom. The van der Waals surface area contributed by atoms with Crippen LogP contribution in [0.5, 0.6) is 0 Å². The van der Waals surface area contributed by atoms with Crippen LogP contribution in [0.1, 0.15) is 32.3 Å². The van der Waals surface area contributed by atoms with Crippen molar-refractivity contribution in [3.8, 4) is 0 Å². The van der Waals surface area contributed by atoms with Crippen molar-refractivity contribution in [3.63, 3.8) is 0 Å². The Kier molecular flexibility index (Phi) is 3.43. The number of nitrogens with one attached hydrogen (secondary N) is 1. The molecular weight excluding hydrogens is 210 g/mol. The van der Waals surface area contributed by atoms with Gasteiger partial charge in [-0.05, 0) is 30.1 Å². The van der Waals surface area contributed by atoms with Crippen molar-refractivity contribution in [2.75, 3.05) is 0 Å². The van der Waals surface area contributed by atoms with Crippen LogP contribution in [0.2, 0.25) is 0 Å². The predicted octanol–water partition coefficient (Wildman–Crippen LogP) is 3.27. The summed E-state index contributed by atoms with van der Waals surface area (Å²) < 4.78 is 0. The molecule has 0 spiro atoms. The lowest BCUT2D eigenvalue weighted by atomic mass is 10.0. The van der Waals surface area contributed by atoms with E-state index in [0.717, 1.165) is 35.2 Å². The quantitative estimate of drug-likeness (QED) is 0.843. The smallest absolute Gasteiger partial charge is 0.251 e. The van der Waals surface area contributed by atoms with E-state index in [1.165, 1.54) is 0 Å². The van der Waals surface area contributed by atoms with E-state index in [4.69, 9.17) is 0 Å². The molecule has 1 amide bonds. The fourth-order valence-corrected chi connectivity index (χ4v) is 2.19. The first-order valence-electron chi connectivity index (χ1n) is 6.06. The van der Waals surface area contributed by atoms with Crippen molar-refractivity contribution in [2.45, 2.75) is 26.7 Å². The van der Waals surface area contributed by atoms with Crippen LogP contribution in [0.4, 0.5) is 0 Å². The molecule has 2 nitrogen and oxygen atoms in total. The molecule has 88 valence electrons. The molecule has 1 aliphatic rings. The van der Waals surface area contributed by atoms with E-state index in [0.29, 0.717) is 0 Å². The van der Waals surface area contributed by atoms with Crippen LogP contribution in [0.25, 0.3) is 6.08 Å². The summed E-state index contributed by atoms with van der Waals surface area (Å²) in [5, 5.41) is 2.95. The first kappa shape index (κ1) is 11.6. The van der Waals surface area contributed by atoms with Crippen LogP contribution in [0, 0.1) is 0 Å². The number of carbonyl (C=O) groups is 1. The minimum absolute atomic E-state index is 0.0616. The van der Waals surface area contributed by atoms with Gasteiger partial charge in [0.25, 0.3) is 5.91 Å². The zero-order chi connectivity index (χ0) is 12.3. The number of benzene rings is 1. The summed E-state index contributed by atoms with van der Waals surface area (Å²) >= 11 is 0. The summed E-state index contributed by atoms with van der Waals surface area (Å²) in [7, 11) is 0. The standard InChI is InChI=1S/C15H17NO/c1-3-12-13(4-2)15(17)16-14(12)10-11-8-6-5-7-9-11/h5-10H,3-4H2,1-2H3,(H,16,17). The fraction of sp³-hybridized carbons (Fsp3) is 0.267. The normalized spacial score (nSPS) is 17.8. The van der Waals surface area contributed by atoms with Crippen LogP contribution in [0.3, 0.4) is 0 Å². The summed E-state index contributed by atoms with van der Waals surface area (Å²) in [6, 6.07) is 10.1. The first-order chi connectivity index (χ1) is 8.26. The number of carbonyl (C=O) groups excluding carboxylic acids is 1. The molecule has 1 heterocycles. The molecule has 0 saturated heterocycles. The zero-order valence-electron chi connectivity index (χ0n) is 10.3. The highest BCUT2D eigenvalue weighted by Crippen LogP contribution is 2.27. The molecule has 0 radical (unpaired) electrons. The van der Waals surface area contributed by atoms with Crippen molar-refractivity contribution < 1.29 is 4.79 Å². The highest BCUT2D eigenvalue weighted by Gasteiger charge is 2.23. The Labute approximate surface area is 102 Å². The van der Waals surface area contributed by atoms with Gasteiger partial charge in [0.05, 0.1) is 0 Å². The Morgan fingerprint density at radius 1 is 1.06 bits per heavy atom. The molecule has 0 unspecified atom stereocenters. The van der Waals surface area contributed by atoms with Gasteiger partial charge in [-0.3, -0.25) is 4.79 Å². The predicted molar refractivity (Wildman–Crippen MR) is 70.2 cm³/mol. The molecule has 1 aliphatic heterocycles. The zero-order valence-corrected chi connectivity index (χ0v) is 10.3. The third kappa shape index (κ3) is 2.31. The Bertz CT molecular complexity index is 483. The summed E-state index contributed by atoms with van der Waals surface area (Å²) in [5.74, 6) is 0.0616. The second-order valence-corrected chi connectivity index (χ2v) is 4.09. The lowest BCUT2D eigenvalue weighted by Crippen LogP contribution is -2.16. The Balaban J connectivity index is 2.38. The lowest BCUT2D eigenvalue weighted by molar-refractivity contribution is -0.116. The van der Waals surface area contributed by atoms with Gasteiger partial charge < -0.3 is 5.32 Å². The van der Waals surface area contributed by atoms with Crippen LogP contribution in [-0.4, -0.2) is 5.91 Å². The van der Waals surface area contributed by atoms with Gasteiger partial charge in [-0.15, -0.1) is 0 Å². The molecule has 2 rings (SSSR count). The molecule has 17 heavy (non-hydrogen) atoms. The van der Waals surface area contributed by atoms with Gasteiger partial charge in [0.2, 0.25) is 0 Å². The summed E-state index contributed by atoms with van der Waals surface area (Å²) in [6.45, 7) is 4.11. The molecule has 0 bridgehead atoms. The second kappa shape index (κ2) is 5.00. The van der Waals surface area contributed by atoms with E-state index in [2.05, 4.69) is 12.2 Å². The van der Waals surface area contributed by atoms with E-state index in [1.807, 2.05) is 43.3 Å². The van der Waals surface area contributed by atoms with Crippen LogP contribution >= 0.6 is 0 Å².